The molecule has 1 saturated heterocycles. The van der Waals surface area contributed by atoms with Gasteiger partial charge in [0.15, 0.2) is 5.96 Å². The van der Waals surface area contributed by atoms with Crippen molar-refractivity contribution in [1.29, 1.82) is 0 Å². The smallest absolute Gasteiger partial charge is 0.191 e. The summed E-state index contributed by atoms with van der Waals surface area (Å²) in [4.78, 5) is 13.6. The number of likely N-dealkylation sites (N-methyl/N-ethyl adjacent to an activating group) is 1. The van der Waals surface area contributed by atoms with Gasteiger partial charge >= 0.3 is 0 Å². The number of guanidine groups is 1. The number of pyridine rings is 1. The third-order valence-electron chi connectivity index (χ3n) is 5.04. The summed E-state index contributed by atoms with van der Waals surface area (Å²) >= 11 is 0. The highest BCUT2D eigenvalue weighted by Gasteiger charge is 2.14. The molecular formula is C22H32N6O2. The number of ether oxygens (including phenoxy) is 2. The maximum atomic E-state index is 5.72. The quantitative estimate of drug-likeness (QED) is 0.387. The Bertz CT molecular complexity index is 786. The van der Waals surface area contributed by atoms with Crippen molar-refractivity contribution in [3.05, 3.63) is 48.2 Å². The summed E-state index contributed by atoms with van der Waals surface area (Å²) in [5.74, 6) is 3.41. The lowest BCUT2D eigenvalue weighted by molar-refractivity contribution is 0.312. The van der Waals surface area contributed by atoms with Gasteiger partial charge < -0.3 is 29.9 Å². The van der Waals surface area contributed by atoms with Gasteiger partial charge in [-0.1, -0.05) is 6.07 Å². The standard InChI is InChI=1S/C22H32N6O2/c1-23-22(24-10-15-30-20-7-5-19(29-3)6-8-20)26-17-18-4-9-21(25-16-18)28-13-11-27(2)12-14-28/h4-9,16H,10-15,17H2,1-3H3,(H2,23,24,26). The largest absolute Gasteiger partial charge is 0.497 e. The summed E-state index contributed by atoms with van der Waals surface area (Å²) in [5, 5.41) is 6.57. The number of aromatic nitrogens is 1. The molecule has 3 rings (SSSR count). The van der Waals surface area contributed by atoms with Crippen LogP contribution < -0.4 is 25.0 Å². The second-order valence-electron chi connectivity index (χ2n) is 7.19. The number of hydrogen-bond acceptors (Lipinski definition) is 6. The number of rotatable bonds is 8. The predicted molar refractivity (Wildman–Crippen MR) is 121 cm³/mol. The molecule has 1 aliphatic heterocycles. The fourth-order valence-electron chi connectivity index (χ4n) is 3.16. The molecule has 0 bridgehead atoms. The van der Waals surface area contributed by atoms with Crippen molar-refractivity contribution in [3.63, 3.8) is 0 Å². The van der Waals surface area contributed by atoms with Crippen LogP contribution in [0, 0.1) is 0 Å². The minimum absolute atomic E-state index is 0.536. The molecule has 0 unspecified atom stereocenters. The fourth-order valence-corrected chi connectivity index (χ4v) is 3.16. The maximum Gasteiger partial charge on any atom is 0.191 e. The van der Waals surface area contributed by atoms with Crippen molar-refractivity contribution in [1.82, 2.24) is 20.5 Å². The number of aliphatic imine (C=N–C) groups is 1. The van der Waals surface area contributed by atoms with Gasteiger partial charge in [0.2, 0.25) is 0 Å². The Morgan fingerprint density at radius 1 is 1.03 bits per heavy atom. The van der Waals surface area contributed by atoms with Gasteiger partial charge in [0.1, 0.15) is 23.9 Å². The third kappa shape index (κ3) is 6.52. The Labute approximate surface area is 178 Å². The molecule has 0 radical (unpaired) electrons. The zero-order valence-electron chi connectivity index (χ0n) is 18.1. The number of methoxy groups -OCH3 is 1. The molecule has 8 heteroatoms. The first-order valence-corrected chi connectivity index (χ1v) is 10.3. The van der Waals surface area contributed by atoms with Crippen LogP contribution in [0.2, 0.25) is 0 Å². The average molecular weight is 413 g/mol. The van der Waals surface area contributed by atoms with Crippen LogP contribution in [0.5, 0.6) is 11.5 Å². The number of anilines is 1. The van der Waals surface area contributed by atoms with Crippen molar-refractivity contribution in [2.45, 2.75) is 6.54 Å². The molecule has 2 heterocycles. The second kappa shape index (κ2) is 11.3. The summed E-state index contributed by atoms with van der Waals surface area (Å²) < 4.78 is 10.9. The summed E-state index contributed by atoms with van der Waals surface area (Å²) in [6.45, 7) is 6.05. The van der Waals surface area contributed by atoms with Crippen LogP contribution in [0.4, 0.5) is 5.82 Å². The van der Waals surface area contributed by atoms with Crippen LogP contribution in [-0.2, 0) is 6.54 Å². The van der Waals surface area contributed by atoms with Crippen LogP contribution in [-0.4, -0.2) is 76.4 Å². The van der Waals surface area contributed by atoms with Gasteiger partial charge in [-0.05, 0) is 42.9 Å². The maximum absolute atomic E-state index is 5.72. The number of nitrogens with one attached hydrogen (secondary N) is 2. The van der Waals surface area contributed by atoms with Crippen LogP contribution >= 0.6 is 0 Å². The highest BCUT2D eigenvalue weighted by molar-refractivity contribution is 5.79. The van der Waals surface area contributed by atoms with Crippen molar-refractivity contribution >= 4 is 11.8 Å². The van der Waals surface area contributed by atoms with Crippen LogP contribution in [0.15, 0.2) is 47.6 Å². The summed E-state index contributed by atoms with van der Waals surface area (Å²) in [7, 11) is 5.57. The van der Waals surface area contributed by atoms with E-state index in [0.717, 1.165) is 55.0 Å². The van der Waals surface area contributed by atoms with E-state index in [0.29, 0.717) is 19.7 Å². The lowest BCUT2D eigenvalue weighted by Gasteiger charge is -2.33. The first kappa shape index (κ1) is 21.7. The van der Waals surface area contributed by atoms with Crippen LogP contribution in [0.1, 0.15) is 5.56 Å². The van der Waals surface area contributed by atoms with E-state index in [9.17, 15) is 0 Å². The number of benzene rings is 1. The van der Waals surface area contributed by atoms with Gasteiger partial charge in [-0.3, -0.25) is 4.99 Å². The van der Waals surface area contributed by atoms with Crippen molar-refractivity contribution < 1.29 is 9.47 Å². The lowest BCUT2D eigenvalue weighted by atomic mass is 10.2. The molecule has 2 N–H and O–H groups in total. The van der Waals surface area contributed by atoms with Gasteiger partial charge in [0.25, 0.3) is 0 Å². The molecule has 8 nitrogen and oxygen atoms in total. The molecule has 0 spiro atoms. The Morgan fingerprint density at radius 3 is 2.40 bits per heavy atom. The highest BCUT2D eigenvalue weighted by atomic mass is 16.5. The summed E-state index contributed by atoms with van der Waals surface area (Å²) in [5.41, 5.74) is 1.12. The topological polar surface area (TPSA) is 74.3 Å². The normalized spacial score (nSPS) is 15.0. The SMILES string of the molecule is CN=C(NCCOc1ccc(OC)cc1)NCc1ccc(N2CCN(C)CC2)nc1. The lowest BCUT2D eigenvalue weighted by Crippen LogP contribution is -2.44. The van der Waals surface area contributed by atoms with E-state index in [1.165, 1.54) is 0 Å². The number of hydrogen-bond donors (Lipinski definition) is 2. The first-order valence-electron chi connectivity index (χ1n) is 10.3. The Balaban J connectivity index is 1.37. The van der Waals surface area contributed by atoms with Gasteiger partial charge in [0, 0.05) is 46.0 Å². The van der Waals surface area contributed by atoms with E-state index < -0.39 is 0 Å². The minimum Gasteiger partial charge on any atom is -0.497 e. The van der Waals surface area contributed by atoms with E-state index in [-0.39, 0.29) is 0 Å². The third-order valence-corrected chi connectivity index (χ3v) is 5.04. The summed E-state index contributed by atoms with van der Waals surface area (Å²) in [6.07, 6.45) is 1.93. The van der Waals surface area contributed by atoms with E-state index in [4.69, 9.17) is 9.47 Å². The van der Waals surface area contributed by atoms with E-state index >= 15 is 0 Å². The molecule has 0 atom stereocenters. The van der Waals surface area contributed by atoms with Crippen molar-refractivity contribution in [3.8, 4) is 11.5 Å². The van der Waals surface area contributed by atoms with Gasteiger partial charge in [0.05, 0.1) is 13.7 Å². The Kier molecular flexibility index (Phi) is 8.14. The molecule has 1 fully saturated rings. The molecule has 2 aromatic rings. The van der Waals surface area contributed by atoms with Crippen LogP contribution in [0.3, 0.4) is 0 Å². The molecule has 162 valence electrons. The Hall–Kier alpha value is -3.00. The van der Waals surface area contributed by atoms with E-state index in [1.54, 1.807) is 14.2 Å². The second-order valence-corrected chi connectivity index (χ2v) is 7.19. The molecule has 1 aromatic carbocycles. The van der Waals surface area contributed by atoms with Gasteiger partial charge in [-0.15, -0.1) is 0 Å². The number of nitrogens with zero attached hydrogens (tertiary/aromatic N) is 4. The molecule has 0 saturated carbocycles. The average Bonchev–Trinajstić information content (AvgIpc) is 2.80. The van der Waals surface area contributed by atoms with Crippen molar-refractivity contribution in [2.75, 3.05) is 65.4 Å². The van der Waals surface area contributed by atoms with Gasteiger partial charge in [-0.2, -0.15) is 0 Å². The molecule has 30 heavy (non-hydrogen) atoms. The monoisotopic (exact) mass is 412 g/mol. The fraction of sp³-hybridized carbons (Fsp3) is 0.455. The minimum atomic E-state index is 0.536. The summed E-state index contributed by atoms with van der Waals surface area (Å²) in [6, 6.07) is 11.8. The molecule has 1 aromatic heterocycles. The zero-order chi connectivity index (χ0) is 21.2. The zero-order valence-corrected chi connectivity index (χ0v) is 18.1. The van der Waals surface area contributed by atoms with Crippen LogP contribution in [0.25, 0.3) is 0 Å². The Morgan fingerprint density at radius 2 is 1.77 bits per heavy atom. The van der Waals surface area contributed by atoms with Gasteiger partial charge in [-0.25, -0.2) is 4.98 Å². The van der Waals surface area contributed by atoms with E-state index in [1.807, 2.05) is 30.5 Å². The molecule has 0 amide bonds. The molecule has 1 aliphatic rings. The van der Waals surface area contributed by atoms with Crippen molar-refractivity contribution in [2.24, 2.45) is 4.99 Å². The number of piperazine rings is 1. The predicted octanol–water partition coefficient (Wildman–Crippen LogP) is 1.59. The molecular weight excluding hydrogens is 380 g/mol. The molecule has 0 aliphatic carbocycles. The van der Waals surface area contributed by atoms with E-state index in [2.05, 4.69) is 49.6 Å². The first-order chi connectivity index (χ1) is 14.7. The highest BCUT2D eigenvalue weighted by Crippen LogP contribution is 2.16.